The van der Waals surface area contributed by atoms with Crippen LogP contribution in [0, 0.1) is 17.8 Å². The van der Waals surface area contributed by atoms with Crippen molar-refractivity contribution in [1.29, 1.82) is 0 Å². The van der Waals surface area contributed by atoms with Crippen LogP contribution in [0.25, 0.3) is 0 Å². The topological polar surface area (TPSA) is 3.24 Å². The Kier molecular flexibility index (Phi) is 4.90. The van der Waals surface area contributed by atoms with Crippen LogP contribution in [-0.4, -0.2) is 25.0 Å². The fourth-order valence-corrected chi connectivity index (χ4v) is 4.16. The maximum Gasteiger partial charge on any atom is 0.00893 e. The van der Waals surface area contributed by atoms with E-state index in [2.05, 4.69) is 25.9 Å². The monoisotopic (exact) mass is 237 g/mol. The molecule has 0 spiro atoms. The first kappa shape index (κ1) is 13.4. The highest BCUT2D eigenvalue weighted by molar-refractivity contribution is 4.83. The van der Waals surface area contributed by atoms with E-state index in [1.165, 1.54) is 57.8 Å². The summed E-state index contributed by atoms with van der Waals surface area (Å²) in [5.74, 6) is 3.22. The molecule has 1 nitrogen and oxygen atoms in total. The van der Waals surface area contributed by atoms with Crippen molar-refractivity contribution < 1.29 is 0 Å². The molecule has 0 aromatic carbocycles. The zero-order chi connectivity index (χ0) is 12.3. The molecule has 100 valence electrons. The molecule has 0 amide bonds. The highest BCUT2D eigenvalue weighted by Crippen LogP contribution is 2.41. The third-order valence-corrected chi connectivity index (χ3v) is 5.61. The average Bonchev–Trinajstić information content (AvgIpc) is 2.39. The van der Waals surface area contributed by atoms with Gasteiger partial charge in [0.15, 0.2) is 0 Å². The number of hydrogen-bond donors (Lipinski definition) is 0. The van der Waals surface area contributed by atoms with Crippen molar-refractivity contribution in [2.24, 2.45) is 17.8 Å². The maximum absolute atomic E-state index is 2.43. The lowest BCUT2D eigenvalue weighted by Gasteiger charge is -2.39. The normalized spacial score (nSPS) is 39.5. The van der Waals surface area contributed by atoms with Gasteiger partial charge in [0.05, 0.1) is 0 Å². The summed E-state index contributed by atoms with van der Waals surface area (Å²) in [7, 11) is 4.49. The lowest BCUT2D eigenvalue weighted by Crippen LogP contribution is -2.34. The summed E-state index contributed by atoms with van der Waals surface area (Å²) in [6.45, 7) is 2.37. The summed E-state index contributed by atoms with van der Waals surface area (Å²) < 4.78 is 0. The summed E-state index contributed by atoms with van der Waals surface area (Å²) in [6, 6.07) is 0.873. The molecule has 0 heterocycles. The van der Waals surface area contributed by atoms with Gasteiger partial charge in [0.1, 0.15) is 0 Å². The van der Waals surface area contributed by atoms with E-state index < -0.39 is 0 Å². The Labute approximate surface area is 108 Å². The zero-order valence-corrected chi connectivity index (χ0v) is 12.1. The van der Waals surface area contributed by atoms with Crippen LogP contribution in [0.4, 0.5) is 0 Å². The fourth-order valence-electron chi connectivity index (χ4n) is 4.16. The van der Waals surface area contributed by atoms with E-state index in [1.807, 2.05) is 0 Å². The highest BCUT2D eigenvalue weighted by Gasteiger charge is 2.30. The Morgan fingerprint density at radius 3 is 1.65 bits per heavy atom. The summed E-state index contributed by atoms with van der Waals surface area (Å²) >= 11 is 0. The van der Waals surface area contributed by atoms with E-state index in [1.54, 1.807) is 0 Å². The van der Waals surface area contributed by atoms with Crippen molar-refractivity contribution in [3.63, 3.8) is 0 Å². The smallest absolute Gasteiger partial charge is 0.00893 e. The van der Waals surface area contributed by atoms with Crippen LogP contribution in [0.2, 0.25) is 0 Å². The van der Waals surface area contributed by atoms with Crippen LogP contribution in [0.15, 0.2) is 0 Å². The van der Waals surface area contributed by atoms with Crippen molar-refractivity contribution in [1.82, 2.24) is 4.90 Å². The third-order valence-electron chi connectivity index (χ3n) is 5.61. The largest absolute Gasteiger partial charge is 0.306 e. The minimum absolute atomic E-state index is 0.873. The second-order valence-corrected chi connectivity index (χ2v) is 6.72. The summed E-state index contributed by atoms with van der Waals surface area (Å²) in [4.78, 5) is 2.43. The molecule has 0 aromatic heterocycles. The first-order valence-electron chi connectivity index (χ1n) is 7.87. The van der Waals surface area contributed by atoms with Crippen molar-refractivity contribution in [2.45, 2.75) is 70.8 Å². The zero-order valence-electron chi connectivity index (χ0n) is 12.1. The van der Waals surface area contributed by atoms with E-state index >= 15 is 0 Å². The first-order chi connectivity index (χ1) is 8.20. The molecule has 1 heteroatoms. The molecule has 2 fully saturated rings. The molecule has 17 heavy (non-hydrogen) atoms. The quantitative estimate of drug-likeness (QED) is 0.706. The van der Waals surface area contributed by atoms with Crippen molar-refractivity contribution in [3.05, 3.63) is 0 Å². The summed E-state index contributed by atoms with van der Waals surface area (Å²) in [6.07, 6.45) is 13.4. The van der Waals surface area contributed by atoms with Crippen molar-refractivity contribution in [2.75, 3.05) is 14.1 Å². The molecule has 0 aliphatic heterocycles. The van der Waals surface area contributed by atoms with E-state index in [9.17, 15) is 0 Å². The maximum atomic E-state index is 2.43. The van der Waals surface area contributed by atoms with Gasteiger partial charge in [-0.25, -0.2) is 0 Å². The van der Waals surface area contributed by atoms with Gasteiger partial charge in [0, 0.05) is 6.04 Å². The van der Waals surface area contributed by atoms with Gasteiger partial charge in [0.2, 0.25) is 0 Å². The Bertz CT molecular complexity index is 208. The van der Waals surface area contributed by atoms with Gasteiger partial charge < -0.3 is 4.90 Å². The standard InChI is InChI=1S/C16H31N/c1-4-13-5-7-14(8-6-13)15-9-11-16(12-10-15)17(2)3/h13-16H,4-12H2,1-3H3. The van der Waals surface area contributed by atoms with Gasteiger partial charge >= 0.3 is 0 Å². The van der Waals surface area contributed by atoms with Crippen LogP contribution in [-0.2, 0) is 0 Å². The SMILES string of the molecule is CCC1CCC(C2CCC(N(C)C)CC2)CC1. The molecule has 0 atom stereocenters. The molecule has 2 saturated carbocycles. The Morgan fingerprint density at radius 2 is 1.24 bits per heavy atom. The van der Waals surface area contributed by atoms with Crippen LogP contribution >= 0.6 is 0 Å². The molecule has 2 aliphatic carbocycles. The molecule has 0 radical (unpaired) electrons. The van der Waals surface area contributed by atoms with E-state index in [4.69, 9.17) is 0 Å². The number of nitrogens with zero attached hydrogens (tertiary/aromatic N) is 1. The molecule has 2 aliphatic rings. The van der Waals surface area contributed by atoms with E-state index in [0.717, 1.165) is 23.8 Å². The lowest BCUT2D eigenvalue weighted by atomic mass is 9.70. The Morgan fingerprint density at radius 1 is 0.765 bits per heavy atom. The fraction of sp³-hybridized carbons (Fsp3) is 1.00. The van der Waals surface area contributed by atoms with Crippen molar-refractivity contribution in [3.8, 4) is 0 Å². The van der Waals surface area contributed by atoms with Crippen molar-refractivity contribution >= 4 is 0 Å². The second kappa shape index (κ2) is 6.22. The molecule has 0 saturated heterocycles. The Balaban J connectivity index is 1.74. The predicted octanol–water partition coefficient (Wildman–Crippen LogP) is 4.32. The summed E-state index contributed by atoms with van der Waals surface area (Å²) in [5.41, 5.74) is 0. The summed E-state index contributed by atoms with van der Waals surface area (Å²) in [5, 5.41) is 0. The minimum Gasteiger partial charge on any atom is -0.306 e. The Hall–Kier alpha value is -0.0400. The molecule has 0 aromatic rings. The van der Waals surface area contributed by atoms with Crippen LogP contribution in [0.1, 0.15) is 64.7 Å². The molecule has 0 unspecified atom stereocenters. The van der Waals surface area contributed by atoms with Gasteiger partial charge in [0.25, 0.3) is 0 Å². The van der Waals surface area contributed by atoms with Gasteiger partial charge in [-0.3, -0.25) is 0 Å². The number of hydrogen-bond acceptors (Lipinski definition) is 1. The molecule has 2 rings (SSSR count). The van der Waals surface area contributed by atoms with Gasteiger partial charge in [-0.15, -0.1) is 0 Å². The van der Waals surface area contributed by atoms with Crippen LogP contribution in [0.5, 0.6) is 0 Å². The lowest BCUT2D eigenvalue weighted by molar-refractivity contribution is 0.124. The van der Waals surface area contributed by atoms with Gasteiger partial charge in [-0.05, 0) is 70.4 Å². The van der Waals surface area contributed by atoms with Gasteiger partial charge in [-0.2, -0.15) is 0 Å². The van der Waals surface area contributed by atoms with Crippen LogP contribution in [0.3, 0.4) is 0 Å². The molecule has 0 N–H and O–H groups in total. The number of rotatable bonds is 3. The van der Waals surface area contributed by atoms with E-state index in [-0.39, 0.29) is 0 Å². The molecular formula is C16H31N. The molecular weight excluding hydrogens is 206 g/mol. The van der Waals surface area contributed by atoms with Gasteiger partial charge in [-0.1, -0.05) is 26.2 Å². The second-order valence-electron chi connectivity index (χ2n) is 6.72. The first-order valence-corrected chi connectivity index (χ1v) is 7.87. The predicted molar refractivity (Wildman–Crippen MR) is 75.2 cm³/mol. The third kappa shape index (κ3) is 3.47. The van der Waals surface area contributed by atoms with E-state index in [0.29, 0.717) is 0 Å². The van der Waals surface area contributed by atoms with Crippen LogP contribution < -0.4 is 0 Å². The molecule has 0 bridgehead atoms. The average molecular weight is 237 g/mol. The highest BCUT2D eigenvalue weighted by atomic mass is 15.1. The minimum atomic E-state index is 0.873.